The van der Waals surface area contributed by atoms with Gasteiger partial charge in [0.2, 0.25) is 0 Å². The molecule has 0 atom stereocenters. The smallest absolute Gasteiger partial charge is 0.310 e. The van der Waals surface area contributed by atoms with Gasteiger partial charge in [-0.2, -0.15) is 0 Å². The van der Waals surface area contributed by atoms with E-state index in [2.05, 4.69) is 0 Å². The van der Waals surface area contributed by atoms with Crippen LogP contribution in [0.25, 0.3) is 0 Å². The zero-order valence-electron chi connectivity index (χ0n) is 9.79. The van der Waals surface area contributed by atoms with Crippen molar-refractivity contribution in [2.75, 3.05) is 25.6 Å². The Bertz CT molecular complexity index is 377. The highest BCUT2D eigenvalue weighted by Gasteiger charge is 2.11. The first-order valence-electron chi connectivity index (χ1n) is 5.16. The molecule has 4 heteroatoms. The highest BCUT2D eigenvalue weighted by atomic mass is 19.1. The quantitative estimate of drug-likeness (QED) is 0.734. The second-order valence-electron chi connectivity index (χ2n) is 3.65. The minimum absolute atomic E-state index is 0.0963. The van der Waals surface area contributed by atoms with Crippen LogP contribution < -0.4 is 4.90 Å². The lowest BCUT2D eigenvalue weighted by atomic mass is 10.1. The molecule has 0 unspecified atom stereocenters. The van der Waals surface area contributed by atoms with Gasteiger partial charge < -0.3 is 9.64 Å². The summed E-state index contributed by atoms with van der Waals surface area (Å²) in [5.41, 5.74) is 1.47. The fourth-order valence-electron chi connectivity index (χ4n) is 1.50. The Morgan fingerprint density at radius 3 is 2.69 bits per heavy atom. The van der Waals surface area contributed by atoms with E-state index in [1.54, 1.807) is 13.0 Å². The Kier molecular flexibility index (Phi) is 4.28. The summed E-state index contributed by atoms with van der Waals surface area (Å²) < 4.78 is 17.9. The minimum atomic E-state index is -0.343. The number of hydrogen-bond donors (Lipinski definition) is 0. The van der Waals surface area contributed by atoms with Crippen molar-refractivity contribution in [3.8, 4) is 0 Å². The van der Waals surface area contributed by atoms with Crippen LogP contribution in [0.15, 0.2) is 18.2 Å². The number of nitrogens with zero attached hydrogens (tertiary/aromatic N) is 1. The number of esters is 1. The molecule has 1 rings (SSSR count). The maximum Gasteiger partial charge on any atom is 0.310 e. The number of anilines is 1. The Balaban J connectivity index is 2.92. The predicted molar refractivity (Wildman–Crippen MR) is 61.1 cm³/mol. The number of carbonyl (C=O) groups excluding carboxylic acids is 1. The van der Waals surface area contributed by atoms with Gasteiger partial charge >= 0.3 is 5.97 Å². The van der Waals surface area contributed by atoms with Crippen LogP contribution in [0.3, 0.4) is 0 Å². The number of halogens is 1. The summed E-state index contributed by atoms with van der Waals surface area (Å²) in [6, 6.07) is 4.40. The van der Waals surface area contributed by atoms with E-state index in [-0.39, 0.29) is 18.2 Å². The average molecular weight is 225 g/mol. The van der Waals surface area contributed by atoms with Crippen molar-refractivity contribution < 1.29 is 13.9 Å². The van der Waals surface area contributed by atoms with E-state index < -0.39 is 0 Å². The van der Waals surface area contributed by atoms with Crippen LogP contribution in [-0.4, -0.2) is 26.7 Å². The number of ether oxygens (including phenoxy) is 1. The molecule has 3 nitrogen and oxygen atoms in total. The van der Waals surface area contributed by atoms with E-state index in [4.69, 9.17) is 4.74 Å². The van der Waals surface area contributed by atoms with Gasteiger partial charge in [-0.3, -0.25) is 4.79 Å². The third-order valence-corrected chi connectivity index (χ3v) is 2.16. The van der Waals surface area contributed by atoms with Gasteiger partial charge in [0.1, 0.15) is 5.82 Å². The third kappa shape index (κ3) is 3.22. The van der Waals surface area contributed by atoms with E-state index in [9.17, 15) is 9.18 Å². The van der Waals surface area contributed by atoms with Crippen molar-refractivity contribution >= 4 is 11.7 Å². The van der Waals surface area contributed by atoms with Gasteiger partial charge in [0.15, 0.2) is 0 Å². The van der Waals surface area contributed by atoms with Crippen LogP contribution >= 0.6 is 0 Å². The van der Waals surface area contributed by atoms with Crippen LogP contribution in [0.5, 0.6) is 0 Å². The molecule has 0 heterocycles. The zero-order valence-corrected chi connectivity index (χ0v) is 9.79. The second kappa shape index (κ2) is 5.49. The molecule has 0 saturated carbocycles. The van der Waals surface area contributed by atoms with Crippen molar-refractivity contribution in [2.24, 2.45) is 0 Å². The summed E-state index contributed by atoms with van der Waals surface area (Å²) in [5, 5.41) is 0. The van der Waals surface area contributed by atoms with Crippen LogP contribution in [-0.2, 0) is 16.0 Å². The van der Waals surface area contributed by atoms with Gasteiger partial charge in [-0.05, 0) is 30.7 Å². The maximum atomic E-state index is 13.1. The lowest BCUT2D eigenvalue weighted by Crippen LogP contribution is -2.15. The zero-order chi connectivity index (χ0) is 12.1. The lowest BCUT2D eigenvalue weighted by Gasteiger charge is -2.17. The first-order valence-corrected chi connectivity index (χ1v) is 5.16. The summed E-state index contributed by atoms with van der Waals surface area (Å²) >= 11 is 0. The molecule has 0 aliphatic rings. The third-order valence-electron chi connectivity index (χ3n) is 2.16. The Morgan fingerprint density at radius 2 is 2.12 bits per heavy atom. The van der Waals surface area contributed by atoms with Crippen molar-refractivity contribution in [1.29, 1.82) is 0 Å². The number of carbonyl (C=O) groups is 1. The van der Waals surface area contributed by atoms with Crippen LogP contribution in [0.4, 0.5) is 10.1 Å². The molecule has 0 radical (unpaired) electrons. The lowest BCUT2D eigenvalue weighted by molar-refractivity contribution is -0.142. The molecule has 1 aromatic carbocycles. The van der Waals surface area contributed by atoms with Gasteiger partial charge in [-0.15, -0.1) is 0 Å². The van der Waals surface area contributed by atoms with Gasteiger partial charge in [0.25, 0.3) is 0 Å². The normalized spacial score (nSPS) is 10.0. The molecule has 0 aliphatic carbocycles. The minimum Gasteiger partial charge on any atom is -0.466 e. The Hall–Kier alpha value is -1.58. The summed E-state index contributed by atoms with van der Waals surface area (Å²) in [4.78, 5) is 13.2. The molecule has 0 aliphatic heterocycles. The van der Waals surface area contributed by atoms with E-state index in [0.717, 1.165) is 5.69 Å². The topological polar surface area (TPSA) is 29.5 Å². The second-order valence-corrected chi connectivity index (χ2v) is 3.65. The highest BCUT2D eigenvalue weighted by Crippen LogP contribution is 2.20. The monoisotopic (exact) mass is 225 g/mol. The number of rotatable bonds is 4. The van der Waals surface area contributed by atoms with Crippen LogP contribution in [0, 0.1) is 5.82 Å². The van der Waals surface area contributed by atoms with Crippen LogP contribution in [0.2, 0.25) is 0 Å². The molecule has 0 N–H and O–H groups in total. The molecule has 0 amide bonds. The molecule has 16 heavy (non-hydrogen) atoms. The highest BCUT2D eigenvalue weighted by molar-refractivity contribution is 5.75. The molecule has 0 spiro atoms. The predicted octanol–water partition coefficient (Wildman–Crippen LogP) is 2.00. The number of hydrogen-bond acceptors (Lipinski definition) is 3. The SMILES string of the molecule is CCOC(=O)Cc1cc(F)ccc1N(C)C. The van der Waals surface area contributed by atoms with E-state index in [0.29, 0.717) is 12.2 Å². The molecule has 0 aromatic heterocycles. The van der Waals surface area contributed by atoms with Gasteiger partial charge in [-0.1, -0.05) is 0 Å². The van der Waals surface area contributed by atoms with Crippen molar-refractivity contribution in [1.82, 2.24) is 0 Å². The average Bonchev–Trinajstić information content (AvgIpc) is 2.17. The first-order chi connectivity index (χ1) is 7.54. The number of benzene rings is 1. The maximum absolute atomic E-state index is 13.1. The fraction of sp³-hybridized carbons (Fsp3) is 0.417. The first kappa shape index (κ1) is 12.5. The van der Waals surface area contributed by atoms with Gasteiger partial charge in [-0.25, -0.2) is 4.39 Å². The molecular formula is C12H16FNO2. The molecule has 0 fully saturated rings. The van der Waals surface area contributed by atoms with Crippen LogP contribution in [0.1, 0.15) is 12.5 Å². The summed E-state index contributed by atoms with van der Waals surface area (Å²) in [5.74, 6) is -0.680. The molecule has 0 bridgehead atoms. The molecule has 88 valence electrons. The fourth-order valence-corrected chi connectivity index (χ4v) is 1.50. The molecule has 0 saturated heterocycles. The largest absolute Gasteiger partial charge is 0.466 e. The summed E-state index contributed by atoms with van der Waals surface area (Å²) in [6.45, 7) is 2.09. The van der Waals surface area contributed by atoms with Crippen molar-refractivity contribution in [3.05, 3.63) is 29.6 Å². The molecule has 1 aromatic rings. The molecular weight excluding hydrogens is 209 g/mol. The van der Waals surface area contributed by atoms with E-state index >= 15 is 0 Å². The standard InChI is InChI=1S/C12H16FNO2/c1-4-16-12(15)8-9-7-10(13)5-6-11(9)14(2)3/h5-7H,4,8H2,1-3H3. The van der Waals surface area contributed by atoms with Gasteiger partial charge in [0.05, 0.1) is 13.0 Å². The summed E-state index contributed by atoms with van der Waals surface area (Å²) in [6.07, 6.45) is 0.0963. The van der Waals surface area contributed by atoms with E-state index in [1.807, 2.05) is 19.0 Å². The Labute approximate surface area is 94.8 Å². The van der Waals surface area contributed by atoms with Crippen molar-refractivity contribution in [3.63, 3.8) is 0 Å². The summed E-state index contributed by atoms with van der Waals surface area (Å²) in [7, 11) is 3.70. The van der Waals surface area contributed by atoms with E-state index in [1.165, 1.54) is 12.1 Å². The Morgan fingerprint density at radius 1 is 1.44 bits per heavy atom. The van der Waals surface area contributed by atoms with Gasteiger partial charge in [0, 0.05) is 19.8 Å². The van der Waals surface area contributed by atoms with Crippen molar-refractivity contribution in [2.45, 2.75) is 13.3 Å².